The molecule has 0 saturated carbocycles. The average Bonchev–Trinajstić information content (AvgIpc) is 2.33. The van der Waals surface area contributed by atoms with Gasteiger partial charge in [0.15, 0.2) is 0 Å². The third-order valence-corrected chi connectivity index (χ3v) is 4.26. The second kappa shape index (κ2) is 5.10. The smallest absolute Gasteiger partial charge is 0.101 e. The van der Waals surface area contributed by atoms with E-state index in [4.69, 9.17) is 0 Å². The van der Waals surface area contributed by atoms with Gasteiger partial charge in [0.05, 0.1) is 11.3 Å². The first-order chi connectivity index (χ1) is 8.13. The number of anilines is 1. The molecule has 2 atom stereocenters. The van der Waals surface area contributed by atoms with Crippen LogP contribution >= 0.6 is 15.9 Å². The van der Waals surface area contributed by atoms with Crippen LogP contribution in [0.25, 0.3) is 0 Å². The first-order valence-electron chi connectivity index (χ1n) is 6.09. The Balaban J connectivity index is 2.36. The minimum atomic E-state index is 0.511. The van der Waals surface area contributed by atoms with Crippen molar-refractivity contribution in [2.24, 2.45) is 5.92 Å². The van der Waals surface area contributed by atoms with Gasteiger partial charge in [-0.05, 0) is 43.9 Å². The Morgan fingerprint density at radius 2 is 2.18 bits per heavy atom. The highest BCUT2D eigenvalue weighted by atomic mass is 79.9. The van der Waals surface area contributed by atoms with E-state index < -0.39 is 0 Å². The maximum atomic E-state index is 9.23. The van der Waals surface area contributed by atoms with Gasteiger partial charge in [0.2, 0.25) is 0 Å². The highest BCUT2D eigenvalue weighted by Gasteiger charge is 2.26. The number of nitrogens with zero attached hydrogens (tertiary/aromatic N) is 2. The standard InChI is InChI=1S/C14H17BrN2/c1-10-4-3-7-17(11(10)2)14-6-5-13(15)8-12(14)9-16/h5-6,8,10-11H,3-4,7H2,1-2H3. The van der Waals surface area contributed by atoms with Crippen molar-refractivity contribution >= 4 is 21.6 Å². The third-order valence-electron chi connectivity index (χ3n) is 3.76. The summed E-state index contributed by atoms with van der Waals surface area (Å²) < 4.78 is 0.968. The molecule has 1 aliphatic rings. The third kappa shape index (κ3) is 2.47. The maximum Gasteiger partial charge on any atom is 0.101 e. The zero-order valence-corrected chi connectivity index (χ0v) is 11.9. The van der Waals surface area contributed by atoms with Gasteiger partial charge in [-0.1, -0.05) is 22.9 Å². The largest absolute Gasteiger partial charge is 0.367 e. The predicted octanol–water partition coefficient (Wildman–Crippen LogP) is 3.95. The van der Waals surface area contributed by atoms with E-state index in [9.17, 15) is 5.26 Å². The SMILES string of the molecule is CC1CCCN(c2ccc(Br)cc2C#N)C1C. The van der Waals surface area contributed by atoms with Crippen LogP contribution in [0.4, 0.5) is 5.69 Å². The first kappa shape index (κ1) is 12.4. The average molecular weight is 293 g/mol. The van der Waals surface area contributed by atoms with Gasteiger partial charge in [0.25, 0.3) is 0 Å². The summed E-state index contributed by atoms with van der Waals surface area (Å²) in [5.41, 5.74) is 1.84. The lowest BCUT2D eigenvalue weighted by Crippen LogP contribution is -2.42. The van der Waals surface area contributed by atoms with Crippen molar-refractivity contribution in [3.63, 3.8) is 0 Å². The first-order valence-corrected chi connectivity index (χ1v) is 6.89. The van der Waals surface area contributed by atoms with Gasteiger partial charge in [0.1, 0.15) is 6.07 Å². The lowest BCUT2D eigenvalue weighted by molar-refractivity contribution is 0.363. The van der Waals surface area contributed by atoms with E-state index in [1.165, 1.54) is 12.8 Å². The molecule has 1 aromatic rings. The van der Waals surface area contributed by atoms with Crippen molar-refractivity contribution in [2.75, 3.05) is 11.4 Å². The monoisotopic (exact) mass is 292 g/mol. The highest BCUT2D eigenvalue weighted by Crippen LogP contribution is 2.31. The van der Waals surface area contributed by atoms with Crippen LogP contribution < -0.4 is 4.90 Å². The number of benzene rings is 1. The quantitative estimate of drug-likeness (QED) is 0.784. The summed E-state index contributed by atoms with van der Waals surface area (Å²) in [5, 5.41) is 9.23. The molecule has 2 unspecified atom stereocenters. The number of hydrogen-bond acceptors (Lipinski definition) is 2. The van der Waals surface area contributed by atoms with Crippen LogP contribution in [0.3, 0.4) is 0 Å². The predicted molar refractivity (Wildman–Crippen MR) is 74.1 cm³/mol. The maximum absolute atomic E-state index is 9.23. The number of piperidine rings is 1. The van der Waals surface area contributed by atoms with E-state index in [-0.39, 0.29) is 0 Å². The minimum Gasteiger partial charge on any atom is -0.367 e. The normalized spacial score (nSPS) is 24.5. The Morgan fingerprint density at radius 1 is 1.41 bits per heavy atom. The van der Waals surface area contributed by atoms with Gasteiger partial charge in [0, 0.05) is 17.1 Å². The van der Waals surface area contributed by atoms with Gasteiger partial charge in [-0.25, -0.2) is 0 Å². The van der Waals surface area contributed by atoms with Crippen molar-refractivity contribution < 1.29 is 0 Å². The molecule has 90 valence electrons. The van der Waals surface area contributed by atoms with Crippen LogP contribution in [0.15, 0.2) is 22.7 Å². The number of rotatable bonds is 1. The molecule has 1 aromatic carbocycles. The molecule has 0 radical (unpaired) electrons. The molecule has 1 aliphatic heterocycles. The van der Waals surface area contributed by atoms with Crippen molar-refractivity contribution in [2.45, 2.75) is 32.7 Å². The van der Waals surface area contributed by atoms with Gasteiger partial charge < -0.3 is 4.90 Å². The lowest BCUT2D eigenvalue weighted by atomic mass is 9.91. The summed E-state index contributed by atoms with van der Waals surface area (Å²) in [6.07, 6.45) is 2.50. The minimum absolute atomic E-state index is 0.511. The van der Waals surface area contributed by atoms with Gasteiger partial charge in [-0.2, -0.15) is 5.26 Å². The molecule has 3 heteroatoms. The number of nitriles is 1. The Kier molecular flexibility index (Phi) is 3.73. The molecule has 2 nitrogen and oxygen atoms in total. The summed E-state index contributed by atoms with van der Waals surface area (Å²) in [6.45, 7) is 5.61. The molecule has 0 spiro atoms. The molecule has 0 aromatic heterocycles. The van der Waals surface area contributed by atoms with Crippen LogP contribution in [0, 0.1) is 17.2 Å². The van der Waals surface area contributed by atoms with Crippen molar-refractivity contribution in [3.05, 3.63) is 28.2 Å². The summed E-state index contributed by atoms with van der Waals surface area (Å²) in [6, 6.07) is 8.78. The fourth-order valence-corrected chi connectivity index (χ4v) is 2.88. The number of halogens is 1. The van der Waals surface area contributed by atoms with Crippen LogP contribution in [0.5, 0.6) is 0 Å². The fourth-order valence-electron chi connectivity index (χ4n) is 2.52. The van der Waals surface area contributed by atoms with Crippen LogP contribution in [-0.2, 0) is 0 Å². The van der Waals surface area contributed by atoms with Crippen LogP contribution in [-0.4, -0.2) is 12.6 Å². The molecule has 17 heavy (non-hydrogen) atoms. The molecule has 0 bridgehead atoms. The van der Waals surface area contributed by atoms with E-state index in [0.29, 0.717) is 12.0 Å². The zero-order valence-electron chi connectivity index (χ0n) is 10.3. The zero-order chi connectivity index (χ0) is 12.4. The molecule has 0 aliphatic carbocycles. The Hall–Kier alpha value is -1.01. The van der Waals surface area contributed by atoms with Gasteiger partial charge >= 0.3 is 0 Å². The second-order valence-electron chi connectivity index (χ2n) is 4.83. The van der Waals surface area contributed by atoms with Crippen molar-refractivity contribution in [1.82, 2.24) is 0 Å². The summed E-state index contributed by atoms with van der Waals surface area (Å²) in [5.74, 6) is 0.693. The van der Waals surface area contributed by atoms with Gasteiger partial charge in [-0.15, -0.1) is 0 Å². The molecule has 1 saturated heterocycles. The molecule has 1 fully saturated rings. The van der Waals surface area contributed by atoms with Crippen LogP contribution in [0.2, 0.25) is 0 Å². The summed E-state index contributed by atoms with van der Waals surface area (Å²) in [4.78, 5) is 2.37. The van der Waals surface area contributed by atoms with E-state index >= 15 is 0 Å². The molecule has 1 heterocycles. The van der Waals surface area contributed by atoms with E-state index in [2.05, 4.69) is 46.8 Å². The Bertz CT molecular complexity index is 450. The van der Waals surface area contributed by atoms with Gasteiger partial charge in [-0.3, -0.25) is 0 Å². The Morgan fingerprint density at radius 3 is 2.88 bits per heavy atom. The second-order valence-corrected chi connectivity index (χ2v) is 5.74. The molecule has 0 N–H and O–H groups in total. The van der Waals surface area contributed by atoms with Crippen molar-refractivity contribution in [3.8, 4) is 6.07 Å². The van der Waals surface area contributed by atoms with E-state index in [0.717, 1.165) is 22.3 Å². The molecular formula is C14H17BrN2. The van der Waals surface area contributed by atoms with Crippen LogP contribution in [0.1, 0.15) is 32.3 Å². The summed E-state index contributed by atoms with van der Waals surface area (Å²) in [7, 11) is 0. The topological polar surface area (TPSA) is 27.0 Å². The molecule has 0 amide bonds. The summed E-state index contributed by atoms with van der Waals surface area (Å²) >= 11 is 3.42. The fraction of sp³-hybridized carbons (Fsp3) is 0.500. The highest BCUT2D eigenvalue weighted by molar-refractivity contribution is 9.10. The number of hydrogen-bond donors (Lipinski definition) is 0. The Labute approximate surface area is 111 Å². The lowest BCUT2D eigenvalue weighted by Gasteiger charge is -2.40. The molecular weight excluding hydrogens is 276 g/mol. The van der Waals surface area contributed by atoms with E-state index in [1.807, 2.05) is 12.1 Å². The molecule has 2 rings (SSSR count). The van der Waals surface area contributed by atoms with Crippen molar-refractivity contribution in [1.29, 1.82) is 5.26 Å². The van der Waals surface area contributed by atoms with E-state index in [1.54, 1.807) is 0 Å².